The number of hydrogen-bond donors (Lipinski definition) is 0. The monoisotopic (exact) mass is 855 g/mol. The number of rotatable bonds is 12. The van der Waals surface area contributed by atoms with Crippen molar-refractivity contribution >= 4 is 67.8 Å². The minimum Gasteiger partial charge on any atom is -0.372 e. The lowest BCUT2D eigenvalue weighted by Gasteiger charge is -2.41. The molecule has 4 heterocycles. The molecular formula is C29H48I3NO4. The van der Waals surface area contributed by atoms with E-state index in [1.807, 2.05) is 0 Å². The number of nitrogens with zero attached hydrogens (tertiary/aromatic N) is 1. The summed E-state index contributed by atoms with van der Waals surface area (Å²) in [6, 6.07) is 0. The van der Waals surface area contributed by atoms with Gasteiger partial charge in [0, 0.05) is 32.5 Å². The zero-order valence-electron chi connectivity index (χ0n) is 22.9. The molecule has 0 bridgehead atoms. The first-order chi connectivity index (χ1) is 18.0. The summed E-state index contributed by atoms with van der Waals surface area (Å²) in [6.07, 6.45) is 18.4. The van der Waals surface area contributed by atoms with Crippen LogP contribution in [0.1, 0.15) is 104 Å². The van der Waals surface area contributed by atoms with Gasteiger partial charge in [0.25, 0.3) is 0 Å². The van der Waals surface area contributed by atoms with Gasteiger partial charge in [0.2, 0.25) is 6.54 Å². The molecule has 0 aliphatic carbocycles. The Morgan fingerprint density at radius 1 is 0.703 bits per heavy atom. The van der Waals surface area contributed by atoms with E-state index in [0.717, 1.165) is 41.0 Å². The number of alkyl halides is 3. The molecule has 5 nitrogen and oxygen atoms in total. The van der Waals surface area contributed by atoms with E-state index in [1.54, 1.807) is 0 Å². The molecule has 0 saturated carbocycles. The first kappa shape index (κ1) is 33.0. The molecule has 0 aromatic carbocycles. The van der Waals surface area contributed by atoms with Crippen LogP contribution in [0.2, 0.25) is 0 Å². The van der Waals surface area contributed by atoms with Crippen molar-refractivity contribution in [2.75, 3.05) is 19.8 Å². The molecule has 4 aliphatic rings. The highest BCUT2D eigenvalue weighted by atomic mass is 127. The number of hydrogen-bond acceptors (Lipinski definition) is 4. The second kappa shape index (κ2) is 16.8. The molecule has 0 amide bonds. The van der Waals surface area contributed by atoms with Crippen LogP contribution in [0.5, 0.6) is 0 Å². The Balaban J connectivity index is 0.000000206. The van der Waals surface area contributed by atoms with Gasteiger partial charge in [0.1, 0.15) is 11.2 Å². The van der Waals surface area contributed by atoms with Crippen molar-refractivity contribution in [1.82, 2.24) is 0 Å². The lowest BCUT2D eigenvalue weighted by Crippen LogP contribution is -2.49. The van der Waals surface area contributed by atoms with Gasteiger partial charge in [0.15, 0.2) is 0 Å². The van der Waals surface area contributed by atoms with Gasteiger partial charge >= 0.3 is 0 Å². The summed E-state index contributed by atoms with van der Waals surface area (Å²) >= 11 is 7.39. The van der Waals surface area contributed by atoms with Crippen LogP contribution < -0.4 is 0 Å². The molecule has 4 rings (SSSR count). The van der Waals surface area contributed by atoms with Crippen LogP contribution in [0, 0.1) is 6.57 Å². The maximum absolute atomic E-state index is 6.91. The third-order valence-corrected chi connectivity index (χ3v) is 11.7. The molecule has 0 N–H and O–H groups in total. The van der Waals surface area contributed by atoms with Gasteiger partial charge in [-0.1, -0.05) is 107 Å². The molecular weight excluding hydrogens is 807 g/mol. The van der Waals surface area contributed by atoms with Crippen molar-refractivity contribution < 1.29 is 18.9 Å². The second-order valence-electron chi connectivity index (χ2n) is 11.4. The molecule has 8 atom stereocenters. The molecule has 0 aromatic rings. The van der Waals surface area contributed by atoms with Crippen molar-refractivity contribution in [3.05, 3.63) is 11.4 Å². The summed E-state index contributed by atoms with van der Waals surface area (Å²) in [5.41, 5.74) is -0.0302. The maximum atomic E-state index is 6.91. The number of halogens is 3. The smallest absolute Gasteiger partial charge is 0.217 e. The van der Waals surface area contributed by atoms with Crippen LogP contribution in [0.15, 0.2) is 0 Å². The van der Waals surface area contributed by atoms with Gasteiger partial charge in [-0.25, -0.2) is 6.57 Å². The minimum absolute atomic E-state index is 0.0354. The maximum Gasteiger partial charge on any atom is 0.217 e. The molecule has 37 heavy (non-hydrogen) atoms. The quantitative estimate of drug-likeness (QED) is 0.112. The average molecular weight is 855 g/mol. The van der Waals surface area contributed by atoms with Crippen molar-refractivity contribution in [2.45, 2.75) is 152 Å². The molecule has 0 radical (unpaired) electrons. The van der Waals surface area contributed by atoms with E-state index >= 15 is 0 Å². The van der Waals surface area contributed by atoms with Crippen molar-refractivity contribution in [3.63, 3.8) is 0 Å². The van der Waals surface area contributed by atoms with Gasteiger partial charge in [-0.2, -0.15) is 0 Å². The average Bonchev–Trinajstić information content (AvgIpc) is 3.48. The van der Waals surface area contributed by atoms with E-state index in [-0.39, 0.29) is 23.4 Å². The topological polar surface area (TPSA) is 41.3 Å². The number of fused-ring (bicyclic) bond motifs is 2. The predicted molar refractivity (Wildman–Crippen MR) is 177 cm³/mol. The standard InChI is InChI=1S/C15H24INO2.C14H24I2O2/c1-3-4-5-13-10-15(11-16)14(18-13)7-6-12(19-15)8-9-17-2;1-2-3-4-12-9-14(10-16)13(17-12)6-5-11(18-14)7-8-15/h12-14H,3-11H2,1H3;11-13H,2-10H2,1H3/t12?,13-,14-,15?;11?,12-,13-,14?/m00/s1. The Morgan fingerprint density at radius 3 is 1.59 bits per heavy atom. The van der Waals surface area contributed by atoms with Gasteiger partial charge in [-0.05, 0) is 44.9 Å². The van der Waals surface area contributed by atoms with E-state index in [2.05, 4.69) is 86.5 Å². The Morgan fingerprint density at radius 2 is 1.19 bits per heavy atom. The Hall–Kier alpha value is 1.52. The Bertz CT molecular complexity index is 709. The third-order valence-electron chi connectivity index (χ3n) is 8.54. The van der Waals surface area contributed by atoms with Crippen LogP contribution in [0.25, 0.3) is 4.85 Å². The minimum atomic E-state index is -0.0656. The molecule has 214 valence electrons. The first-order valence-corrected chi connectivity index (χ1v) is 19.2. The van der Waals surface area contributed by atoms with Crippen molar-refractivity contribution in [3.8, 4) is 0 Å². The molecule has 0 spiro atoms. The van der Waals surface area contributed by atoms with Crippen molar-refractivity contribution in [1.29, 1.82) is 0 Å². The van der Waals surface area contributed by atoms with E-state index in [4.69, 9.17) is 25.5 Å². The fraction of sp³-hybridized carbons (Fsp3) is 0.966. The van der Waals surface area contributed by atoms with Crippen LogP contribution in [-0.2, 0) is 18.9 Å². The highest BCUT2D eigenvalue weighted by Crippen LogP contribution is 2.45. The molecule has 4 unspecified atom stereocenters. The number of unbranched alkanes of at least 4 members (excludes halogenated alkanes) is 2. The molecule has 4 saturated heterocycles. The number of ether oxygens (including phenoxy) is 4. The molecule has 4 aliphatic heterocycles. The first-order valence-electron chi connectivity index (χ1n) is 14.7. The van der Waals surface area contributed by atoms with E-state index in [1.165, 1.54) is 62.2 Å². The van der Waals surface area contributed by atoms with Crippen LogP contribution in [0.4, 0.5) is 0 Å². The summed E-state index contributed by atoms with van der Waals surface area (Å²) in [6.45, 7) is 12.0. The lowest BCUT2D eigenvalue weighted by molar-refractivity contribution is -0.152. The predicted octanol–water partition coefficient (Wildman–Crippen LogP) is 8.51. The third kappa shape index (κ3) is 9.00. The summed E-state index contributed by atoms with van der Waals surface area (Å²) in [5.74, 6) is 0. The van der Waals surface area contributed by atoms with E-state index < -0.39 is 0 Å². The zero-order valence-corrected chi connectivity index (χ0v) is 29.4. The summed E-state index contributed by atoms with van der Waals surface area (Å²) in [7, 11) is 0. The zero-order chi connectivity index (χ0) is 26.7. The van der Waals surface area contributed by atoms with Gasteiger partial charge in [-0.15, -0.1) is 0 Å². The molecule has 8 heteroatoms. The Labute approximate surface area is 267 Å². The van der Waals surface area contributed by atoms with Gasteiger partial charge in [-0.3, -0.25) is 0 Å². The lowest BCUT2D eigenvalue weighted by atomic mass is 9.87. The molecule has 4 fully saturated rings. The second-order valence-corrected chi connectivity index (χ2v) is 14.0. The van der Waals surface area contributed by atoms with Crippen LogP contribution in [-0.4, -0.2) is 67.7 Å². The van der Waals surface area contributed by atoms with Crippen molar-refractivity contribution in [2.24, 2.45) is 0 Å². The van der Waals surface area contributed by atoms with E-state index in [9.17, 15) is 0 Å². The normalized spacial score (nSPS) is 38.8. The van der Waals surface area contributed by atoms with Gasteiger partial charge < -0.3 is 23.8 Å². The summed E-state index contributed by atoms with van der Waals surface area (Å²) in [4.78, 5) is 3.46. The fourth-order valence-corrected chi connectivity index (χ4v) is 9.15. The Kier molecular flexibility index (Phi) is 15.0. The fourth-order valence-electron chi connectivity index (χ4n) is 6.49. The summed E-state index contributed by atoms with van der Waals surface area (Å²) in [5, 5.41) is 0. The summed E-state index contributed by atoms with van der Waals surface area (Å²) < 4.78 is 28.6. The SMILES string of the molecule is CCCC[C@H]1CC2(CI)OC(CCI)CC[C@@H]2O1.[C-]#[N+]CCC1CC[C@@H]2O[C@@H](CCCC)CC2(CI)O1. The molecule has 0 aromatic heterocycles. The van der Waals surface area contributed by atoms with E-state index in [0.29, 0.717) is 31.0 Å². The highest BCUT2D eigenvalue weighted by Gasteiger charge is 2.53. The highest BCUT2D eigenvalue weighted by molar-refractivity contribution is 14.1. The van der Waals surface area contributed by atoms with Gasteiger partial charge in [0.05, 0.1) is 36.6 Å². The largest absolute Gasteiger partial charge is 0.372 e. The van der Waals surface area contributed by atoms with Crippen LogP contribution >= 0.6 is 67.8 Å². The van der Waals surface area contributed by atoms with Crippen LogP contribution in [0.3, 0.4) is 0 Å².